The lowest BCUT2D eigenvalue weighted by Crippen LogP contribution is -2.07. The Kier molecular flexibility index (Phi) is 3.14. The van der Waals surface area contributed by atoms with Crippen molar-refractivity contribution in [1.82, 2.24) is 0 Å². The first-order valence-electron chi connectivity index (χ1n) is 6.25. The molecule has 2 aliphatic rings. The van der Waals surface area contributed by atoms with Crippen molar-refractivity contribution < 1.29 is 9.47 Å². The van der Waals surface area contributed by atoms with Gasteiger partial charge in [0, 0.05) is 23.8 Å². The van der Waals surface area contributed by atoms with Crippen molar-refractivity contribution in [3.8, 4) is 5.75 Å². The Balaban J connectivity index is 1.82. The van der Waals surface area contributed by atoms with E-state index in [-0.39, 0.29) is 0 Å². The number of fused-ring (bicyclic) bond motifs is 1. The minimum Gasteiger partial charge on any atom is -0.490 e. The Morgan fingerprint density at radius 2 is 2.29 bits per heavy atom. The summed E-state index contributed by atoms with van der Waals surface area (Å²) in [5.41, 5.74) is 2.70. The Morgan fingerprint density at radius 3 is 3.06 bits per heavy atom. The second-order valence-corrected chi connectivity index (χ2v) is 6.01. The van der Waals surface area contributed by atoms with Gasteiger partial charge in [0.1, 0.15) is 11.9 Å². The summed E-state index contributed by atoms with van der Waals surface area (Å²) in [5.74, 6) is 1.66. The highest BCUT2D eigenvalue weighted by molar-refractivity contribution is 9.09. The molecular formula is C14H17BrO2. The fourth-order valence-electron chi connectivity index (χ4n) is 2.67. The molecule has 2 nitrogen and oxygen atoms in total. The summed E-state index contributed by atoms with van der Waals surface area (Å²) in [6.07, 6.45) is 2.51. The van der Waals surface area contributed by atoms with Gasteiger partial charge in [-0.3, -0.25) is 0 Å². The average molecular weight is 297 g/mol. The number of halogens is 1. The van der Waals surface area contributed by atoms with Crippen LogP contribution in [0.1, 0.15) is 29.3 Å². The molecule has 1 aromatic rings. The molecule has 3 atom stereocenters. The molecule has 0 aromatic heterocycles. The first-order valence-corrected chi connectivity index (χ1v) is 7.17. The highest BCUT2D eigenvalue weighted by atomic mass is 79.9. The molecule has 1 aromatic carbocycles. The molecule has 92 valence electrons. The third-order valence-corrected chi connectivity index (χ3v) is 4.89. The molecule has 0 radical (unpaired) electrons. The van der Waals surface area contributed by atoms with Crippen molar-refractivity contribution in [3.63, 3.8) is 0 Å². The van der Waals surface area contributed by atoms with Crippen LogP contribution in [-0.4, -0.2) is 19.3 Å². The van der Waals surface area contributed by atoms with Crippen molar-refractivity contribution in [2.45, 2.75) is 30.7 Å². The van der Waals surface area contributed by atoms with Gasteiger partial charge in [0.05, 0.1) is 6.61 Å². The van der Waals surface area contributed by atoms with E-state index in [0.29, 0.717) is 16.8 Å². The summed E-state index contributed by atoms with van der Waals surface area (Å²) in [4.78, 5) is 0.409. The van der Waals surface area contributed by atoms with Gasteiger partial charge in [0.2, 0.25) is 0 Å². The molecule has 2 aliphatic heterocycles. The highest BCUT2D eigenvalue weighted by Crippen LogP contribution is 2.39. The second kappa shape index (κ2) is 4.62. The molecule has 0 bridgehead atoms. The van der Waals surface area contributed by atoms with Crippen LogP contribution in [0.4, 0.5) is 0 Å². The Labute approximate surface area is 110 Å². The quantitative estimate of drug-likeness (QED) is 0.778. The largest absolute Gasteiger partial charge is 0.490 e. The van der Waals surface area contributed by atoms with Gasteiger partial charge in [-0.05, 0) is 30.5 Å². The summed E-state index contributed by atoms with van der Waals surface area (Å²) < 4.78 is 11.2. The van der Waals surface area contributed by atoms with Crippen LogP contribution in [0, 0.1) is 5.92 Å². The zero-order valence-electron chi connectivity index (χ0n) is 9.99. The van der Waals surface area contributed by atoms with Gasteiger partial charge in [-0.25, -0.2) is 0 Å². The summed E-state index contributed by atoms with van der Waals surface area (Å²) in [5, 5.41) is 0. The molecule has 0 saturated carbocycles. The number of hydrogen-bond acceptors (Lipinski definition) is 2. The van der Waals surface area contributed by atoms with Crippen LogP contribution < -0.4 is 4.74 Å². The molecule has 17 heavy (non-hydrogen) atoms. The predicted molar refractivity (Wildman–Crippen MR) is 70.8 cm³/mol. The van der Waals surface area contributed by atoms with Crippen molar-refractivity contribution in [2.75, 3.05) is 13.2 Å². The third-order valence-electron chi connectivity index (χ3n) is 3.62. The first kappa shape index (κ1) is 11.5. The van der Waals surface area contributed by atoms with E-state index in [2.05, 4.69) is 41.1 Å². The van der Waals surface area contributed by atoms with E-state index < -0.39 is 0 Å². The van der Waals surface area contributed by atoms with Gasteiger partial charge < -0.3 is 9.47 Å². The van der Waals surface area contributed by atoms with Crippen LogP contribution >= 0.6 is 15.9 Å². The van der Waals surface area contributed by atoms with Gasteiger partial charge >= 0.3 is 0 Å². The number of alkyl halides is 1. The SMILES string of the molecule is CC1Cc2cc(C(Br)C3CCOC3)ccc2O1. The van der Waals surface area contributed by atoms with Crippen LogP contribution in [0.5, 0.6) is 5.75 Å². The first-order chi connectivity index (χ1) is 8.24. The Bertz CT molecular complexity index is 413. The standard InChI is InChI=1S/C14H17BrO2/c1-9-6-12-7-10(2-3-13(12)17-9)14(15)11-4-5-16-8-11/h2-3,7,9,11,14H,4-6,8H2,1H3. The summed E-state index contributed by atoms with van der Waals surface area (Å²) in [6, 6.07) is 6.57. The van der Waals surface area contributed by atoms with Gasteiger partial charge in [0.15, 0.2) is 0 Å². The fourth-order valence-corrected chi connectivity index (χ4v) is 3.37. The molecule has 0 amide bonds. The van der Waals surface area contributed by atoms with E-state index in [1.165, 1.54) is 11.1 Å². The molecule has 3 rings (SSSR count). The summed E-state index contributed by atoms with van der Waals surface area (Å²) >= 11 is 3.82. The van der Waals surface area contributed by atoms with E-state index in [1.807, 2.05) is 0 Å². The predicted octanol–water partition coefficient (Wildman–Crippen LogP) is 3.48. The van der Waals surface area contributed by atoms with E-state index >= 15 is 0 Å². The smallest absolute Gasteiger partial charge is 0.123 e. The zero-order chi connectivity index (χ0) is 11.8. The molecule has 0 spiro atoms. The normalized spacial score (nSPS) is 28.8. The van der Waals surface area contributed by atoms with Gasteiger partial charge in [0.25, 0.3) is 0 Å². The number of rotatable bonds is 2. The lowest BCUT2D eigenvalue weighted by molar-refractivity contribution is 0.185. The summed E-state index contributed by atoms with van der Waals surface area (Å²) in [7, 11) is 0. The van der Waals surface area contributed by atoms with Crippen LogP contribution in [-0.2, 0) is 11.2 Å². The minimum atomic E-state index is 0.323. The maximum absolute atomic E-state index is 5.73. The van der Waals surface area contributed by atoms with Crippen molar-refractivity contribution in [3.05, 3.63) is 29.3 Å². The van der Waals surface area contributed by atoms with Crippen molar-refractivity contribution >= 4 is 15.9 Å². The second-order valence-electron chi connectivity index (χ2n) is 5.03. The maximum Gasteiger partial charge on any atom is 0.123 e. The lowest BCUT2D eigenvalue weighted by Gasteiger charge is -2.16. The van der Waals surface area contributed by atoms with Gasteiger partial charge in [-0.1, -0.05) is 28.1 Å². The van der Waals surface area contributed by atoms with Gasteiger partial charge in [-0.15, -0.1) is 0 Å². The lowest BCUT2D eigenvalue weighted by atomic mass is 9.96. The molecule has 0 aliphatic carbocycles. The van der Waals surface area contributed by atoms with Crippen LogP contribution in [0.2, 0.25) is 0 Å². The minimum absolute atomic E-state index is 0.323. The van der Waals surface area contributed by atoms with E-state index in [1.54, 1.807) is 0 Å². The Morgan fingerprint density at radius 1 is 1.41 bits per heavy atom. The van der Waals surface area contributed by atoms with Crippen molar-refractivity contribution in [2.24, 2.45) is 5.92 Å². The van der Waals surface area contributed by atoms with Crippen LogP contribution in [0.15, 0.2) is 18.2 Å². The van der Waals surface area contributed by atoms with Crippen LogP contribution in [0.25, 0.3) is 0 Å². The number of hydrogen-bond donors (Lipinski definition) is 0. The Hall–Kier alpha value is -0.540. The zero-order valence-corrected chi connectivity index (χ0v) is 11.6. The molecule has 2 heterocycles. The number of ether oxygens (including phenoxy) is 2. The highest BCUT2D eigenvalue weighted by Gasteiger charge is 2.27. The van der Waals surface area contributed by atoms with E-state index in [0.717, 1.165) is 31.8 Å². The fraction of sp³-hybridized carbons (Fsp3) is 0.571. The van der Waals surface area contributed by atoms with E-state index in [4.69, 9.17) is 9.47 Å². The molecule has 1 fully saturated rings. The summed E-state index contributed by atoms with van der Waals surface area (Å²) in [6.45, 7) is 3.90. The molecular weight excluding hydrogens is 280 g/mol. The molecule has 1 saturated heterocycles. The third kappa shape index (κ3) is 2.23. The van der Waals surface area contributed by atoms with Crippen LogP contribution in [0.3, 0.4) is 0 Å². The average Bonchev–Trinajstić information content (AvgIpc) is 2.94. The van der Waals surface area contributed by atoms with E-state index in [9.17, 15) is 0 Å². The molecule has 3 unspecified atom stereocenters. The number of benzene rings is 1. The van der Waals surface area contributed by atoms with Crippen molar-refractivity contribution in [1.29, 1.82) is 0 Å². The molecule has 3 heteroatoms. The van der Waals surface area contributed by atoms with Gasteiger partial charge in [-0.2, -0.15) is 0 Å². The monoisotopic (exact) mass is 296 g/mol. The maximum atomic E-state index is 5.73. The molecule has 0 N–H and O–H groups in total. The topological polar surface area (TPSA) is 18.5 Å².